The van der Waals surface area contributed by atoms with Gasteiger partial charge >= 0.3 is 0 Å². The van der Waals surface area contributed by atoms with Gasteiger partial charge in [0.05, 0.1) is 0 Å². The van der Waals surface area contributed by atoms with Gasteiger partial charge in [0, 0.05) is 11.5 Å². The van der Waals surface area contributed by atoms with Gasteiger partial charge in [-0.05, 0) is 60.8 Å². The van der Waals surface area contributed by atoms with Crippen molar-refractivity contribution in [2.75, 3.05) is 0 Å². The van der Waals surface area contributed by atoms with Crippen molar-refractivity contribution in [3.63, 3.8) is 0 Å². The summed E-state index contributed by atoms with van der Waals surface area (Å²) in [6.45, 7) is 9.11. The van der Waals surface area contributed by atoms with E-state index in [4.69, 9.17) is 0 Å². The molecule has 126 valence electrons. The van der Waals surface area contributed by atoms with Crippen LogP contribution in [0.2, 0.25) is 0 Å². The van der Waals surface area contributed by atoms with Crippen molar-refractivity contribution >= 4 is 5.78 Å². The summed E-state index contributed by atoms with van der Waals surface area (Å²) in [6, 6.07) is 8.42. The number of hydrogen-bond acceptors (Lipinski definition) is 1. The predicted molar refractivity (Wildman–Crippen MR) is 96.9 cm³/mol. The van der Waals surface area contributed by atoms with Crippen LogP contribution in [0.15, 0.2) is 24.3 Å². The third-order valence-electron chi connectivity index (χ3n) is 6.47. The molecule has 0 amide bonds. The largest absolute Gasteiger partial charge is 0.294 e. The summed E-state index contributed by atoms with van der Waals surface area (Å²) in [5.41, 5.74) is 2.95. The quantitative estimate of drug-likeness (QED) is 0.597. The molecule has 0 radical (unpaired) electrons. The lowest BCUT2D eigenvalue weighted by Crippen LogP contribution is -2.34. The average molecular weight is 312 g/mol. The molecule has 3 fully saturated rings. The van der Waals surface area contributed by atoms with E-state index in [0.29, 0.717) is 17.1 Å². The Morgan fingerprint density at radius 3 is 2.17 bits per heavy atom. The van der Waals surface area contributed by atoms with E-state index in [2.05, 4.69) is 52.0 Å². The molecule has 1 unspecified atom stereocenters. The Bertz CT molecular complexity index is 547. The van der Waals surface area contributed by atoms with Crippen LogP contribution in [0.1, 0.15) is 88.6 Å². The zero-order chi connectivity index (χ0) is 16.7. The smallest absolute Gasteiger partial charge is 0.166 e. The fourth-order valence-corrected chi connectivity index (χ4v) is 4.67. The van der Waals surface area contributed by atoms with Gasteiger partial charge in [-0.1, -0.05) is 58.4 Å². The number of ketones is 1. The molecule has 1 aromatic carbocycles. The lowest BCUT2D eigenvalue weighted by Gasteiger charge is -2.43. The molecular formula is C22H32O. The molecule has 0 N–H and O–H groups in total. The third kappa shape index (κ3) is 3.54. The Hall–Kier alpha value is -1.11. The standard InChI is InChI=1S/C22H32O/c1-21(2,3)18-9-7-17(8-10-18)20(23)19-6-5-13-22(4)14-11-16(19)12-15-22/h7-10,16,19H,5-6,11-15H2,1-4H3. The van der Waals surface area contributed by atoms with Crippen molar-refractivity contribution < 1.29 is 4.79 Å². The molecule has 1 aromatic rings. The van der Waals surface area contributed by atoms with Crippen LogP contribution in [0.25, 0.3) is 0 Å². The minimum Gasteiger partial charge on any atom is -0.294 e. The van der Waals surface area contributed by atoms with E-state index in [1.54, 1.807) is 0 Å². The van der Waals surface area contributed by atoms with Crippen LogP contribution in [-0.4, -0.2) is 5.78 Å². The summed E-state index contributed by atoms with van der Waals surface area (Å²) in [5, 5.41) is 0. The molecule has 0 spiro atoms. The summed E-state index contributed by atoms with van der Waals surface area (Å²) in [4.78, 5) is 13.1. The van der Waals surface area contributed by atoms with Gasteiger partial charge in [0.15, 0.2) is 5.78 Å². The van der Waals surface area contributed by atoms with E-state index in [0.717, 1.165) is 12.0 Å². The first-order valence-electron chi connectivity index (χ1n) is 9.43. The Kier molecular flexibility index (Phi) is 4.42. The summed E-state index contributed by atoms with van der Waals surface area (Å²) in [7, 11) is 0. The maximum absolute atomic E-state index is 13.1. The Morgan fingerprint density at radius 1 is 1.00 bits per heavy atom. The van der Waals surface area contributed by atoms with Crippen molar-refractivity contribution in [1.29, 1.82) is 0 Å². The molecule has 1 heteroatoms. The van der Waals surface area contributed by atoms with Gasteiger partial charge in [-0.15, -0.1) is 0 Å². The number of carbonyl (C=O) groups is 1. The minimum atomic E-state index is 0.148. The van der Waals surface area contributed by atoms with E-state index < -0.39 is 0 Å². The zero-order valence-electron chi connectivity index (χ0n) is 15.3. The average Bonchev–Trinajstić information content (AvgIpc) is 2.49. The second-order valence-corrected chi connectivity index (χ2v) is 9.34. The number of Topliss-reactive ketones (excluding diaryl/α,β-unsaturated/α-hetero) is 1. The highest BCUT2D eigenvalue weighted by Gasteiger charge is 2.39. The maximum Gasteiger partial charge on any atom is 0.166 e. The molecular weight excluding hydrogens is 280 g/mol. The second-order valence-electron chi connectivity index (χ2n) is 9.34. The second kappa shape index (κ2) is 6.07. The van der Waals surface area contributed by atoms with E-state index in [1.807, 2.05) is 0 Å². The number of carbonyl (C=O) groups excluding carboxylic acids is 1. The van der Waals surface area contributed by atoms with Crippen molar-refractivity contribution in [2.45, 2.75) is 78.1 Å². The van der Waals surface area contributed by atoms with Crippen LogP contribution in [0, 0.1) is 17.3 Å². The molecule has 3 aliphatic rings. The van der Waals surface area contributed by atoms with Crippen LogP contribution in [0.5, 0.6) is 0 Å². The van der Waals surface area contributed by atoms with E-state index in [-0.39, 0.29) is 11.3 Å². The Labute approximate surface area is 141 Å². The highest BCUT2D eigenvalue weighted by molar-refractivity contribution is 5.98. The van der Waals surface area contributed by atoms with Crippen LogP contribution < -0.4 is 0 Å². The molecule has 1 atom stereocenters. The first-order valence-corrected chi connectivity index (χ1v) is 9.43. The molecule has 2 bridgehead atoms. The summed E-state index contributed by atoms with van der Waals surface area (Å²) >= 11 is 0. The number of fused-ring (bicyclic) bond motifs is 5. The molecule has 4 rings (SSSR count). The molecule has 3 saturated carbocycles. The van der Waals surface area contributed by atoms with Gasteiger partial charge in [0.1, 0.15) is 0 Å². The fraction of sp³-hybridized carbons (Fsp3) is 0.682. The SMILES string of the molecule is CC12CCCC(C(=O)c3ccc(C(C)(C)C)cc3)C(CC1)CC2. The summed E-state index contributed by atoms with van der Waals surface area (Å²) < 4.78 is 0. The number of benzene rings is 1. The third-order valence-corrected chi connectivity index (χ3v) is 6.47. The van der Waals surface area contributed by atoms with Crippen molar-refractivity contribution in [1.82, 2.24) is 0 Å². The monoisotopic (exact) mass is 312 g/mol. The van der Waals surface area contributed by atoms with Crippen molar-refractivity contribution in [2.24, 2.45) is 17.3 Å². The number of rotatable bonds is 2. The highest BCUT2D eigenvalue weighted by Crippen LogP contribution is 2.48. The van der Waals surface area contributed by atoms with Gasteiger partial charge < -0.3 is 0 Å². The first-order chi connectivity index (χ1) is 10.8. The molecule has 0 aliphatic heterocycles. The lowest BCUT2D eigenvalue weighted by molar-refractivity contribution is 0.0633. The maximum atomic E-state index is 13.1. The topological polar surface area (TPSA) is 17.1 Å². The van der Waals surface area contributed by atoms with Crippen LogP contribution >= 0.6 is 0 Å². The minimum absolute atomic E-state index is 0.148. The Morgan fingerprint density at radius 2 is 1.61 bits per heavy atom. The molecule has 1 nitrogen and oxygen atoms in total. The molecule has 3 aliphatic carbocycles. The first kappa shape index (κ1) is 16.7. The van der Waals surface area contributed by atoms with Gasteiger partial charge in [0.2, 0.25) is 0 Å². The van der Waals surface area contributed by atoms with Crippen molar-refractivity contribution in [3.05, 3.63) is 35.4 Å². The Balaban J connectivity index is 1.77. The lowest BCUT2D eigenvalue weighted by atomic mass is 9.62. The highest BCUT2D eigenvalue weighted by atomic mass is 16.1. The molecule has 23 heavy (non-hydrogen) atoms. The van der Waals surface area contributed by atoms with Gasteiger partial charge in [-0.3, -0.25) is 4.79 Å². The van der Waals surface area contributed by atoms with Crippen LogP contribution in [0.4, 0.5) is 0 Å². The summed E-state index contributed by atoms with van der Waals surface area (Å²) in [6.07, 6.45) is 8.80. The van der Waals surface area contributed by atoms with Crippen LogP contribution in [-0.2, 0) is 5.41 Å². The molecule has 0 aromatic heterocycles. The van der Waals surface area contributed by atoms with E-state index in [1.165, 1.54) is 44.1 Å². The van der Waals surface area contributed by atoms with Gasteiger partial charge in [-0.25, -0.2) is 0 Å². The summed E-state index contributed by atoms with van der Waals surface area (Å²) in [5.74, 6) is 1.29. The number of hydrogen-bond donors (Lipinski definition) is 0. The predicted octanol–water partition coefficient (Wildman–Crippen LogP) is 6.16. The molecule has 0 saturated heterocycles. The van der Waals surface area contributed by atoms with Crippen LogP contribution in [0.3, 0.4) is 0 Å². The van der Waals surface area contributed by atoms with Gasteiger partial charge in [0.25, 0.3) is 0 Å². The van der Waals surface area contributed by atoms with E-state index >= 15 is 0 Å². The van der Waals surface area contributed by atoms with E-state index in [9.17, 15) is 4.79 Å². The normalized spacial score (nSPS) is 31.5. The zero-order valence-corrected chi connectivity index (χ0v) is 15.3. The molecule has 0 heterocycles. The fourth-order valence-electron chi connectivity index (χ4n) is 4.67. The van der Waals surface area contributed by atoms with Gasteiger partial charge in [-0.2, -0.15) is 0 Å². The van der Waals surface area contributed by atoms with Crippen molar-refractivity contribution in [3.8, 4) is 0 Å².